The molecule has 0 spiro atoms. The Morgan fingerprint density at radius 2 is 1.52 bits per heavy atom. The Morgan fingerprint density at radius 1 is 0.803 bits per heavy atom. The lowest BCUT2D eigenvalue weighted by molar-refractivity contribution is -0.138. The predicted molar refractivity (Wildman–Crippen MR) is 238 cm³/mol. The summed E-state index contributed by atoms with van der Waals surface area (Å²) in [4.78, 5) is 95.9. The van der Waals surface area contributed by atoms with E-state index in [2.05, 4.69) is 31.2 Å². The van der Waals surface area contributed by atoms with Crippen LogP contribution in [0.5, 0.6) is 0 Å². The number of aromatic amines is 1. The lowest BCUT2D eigenvalue weighted by Gasteiger charge is -2.44. The molecular weight excluding hydrogens is 865 g/mol. The van der Waals surface area contributed by atoms with Gasteiger partial charge in [-0.25, -0.2) is 4.39 Å². The van der Waals surface area contributed by atoms with Crippen LogP contribution in [0.3, 0.4) is 0 Å². The number of piperazine rings is 1. The highest BCUT2D eigenvalue weighted by molar-refractivity contribution is 6.25. The van der Waals surface area contributed by atoms with Crippen LogP contribution in [-0.2, 0) is 15.8 Å². The minimum Gasteiger partial charge on any atom is -0.384 e. The fourth-order valence-electron chi connectivity index (χ4n) is 8.62. The minimum atomic E-state index is -4.99. The third-order valence-electron chi connectivity index (χ3n) is 12.4. The second-order valence-electron chi connectivity index (χ2n) is 16.9. The van der Waals surface area contributed by atoms with E-state index in [1.165, 1.54) is 24.3 Å². The summed E-state index contributed by atoms with van der Waals surface area (Å²) in [6, 6.07) is 13.1. The number of nitrogens with one attached hydrogen (secondary N) is 5. The number of benzene rings is 3. The number of likely N-dealkylation sites (N-methyl/N-ethyl adjacent to an activating group) is 1. The Morgan fingerprint density at radius 3 is 2.21 bits per heavy atom. The summed E-state index contributed by atoms with van der Waals surface area (Å²) in [6.07, 6.45) is -0.289. The van der Waals surface area contributed by atoms with Crippen LogP contribution >= 0.6 is 0 Å². The van der Waals surface area contributed by atoms with Crippen LogP contribution in [0.4, 0.5) is 34.6 Å². The molecule has 2 saturated heterocycles. The van der Waals surface area contributed by atoms with E-state index in [1.807, 2.05) is 25.8 Å². The molecule has 3 atom stereocenters. The maximum Gasteiger partial charge on any atom is 0.417 e. The number of unbranched alkanes of at least 4 members (excludes halogenated alkanes) is 4. The third-order valence-corrected chi connectivity index (χ3v) is 12.4. The van der Waals surface area contributed by atoms with Crippen molar-refractivity contribution < 1.29 is 46.3 Å². The van der Waals surface area contributed by atoms with Crippen molar-refractivity contribution in [2.45, 2.75) is 83.1 Å². The summed E-state index contributed by atoms with van der Waals surface area (Å²) in [6.45, 7) is 5.98. The standard InChI is InChI=1S/C47H50F4N8O7/c1-26-24-58(25-27(2)57(26)3)37-15-13-28(21-36(37)55-43(63)32-23-54-40(61)22-33(32)47(49,50)51)30-14-12-29(20-34(30)48)42(62)53-19-8-6-4-5-7-18-52-35-11-9-10-31-41(35)46(66)59(45(31)65)38-16-17-39(60)56-44(38)64/h9-15,20-23,26-27,38,52H,4-8,16-19,24-25H2,1-3H3,(H,53,62)(H,54,61)(H,55,63)(H,56,60,64)/t26-,27+,38?. The van der Waals surface area contributed by atoms with Crippen LogP contribution in [0, 0.1) is 5.82 Å². The van der Waals surface area contributed by atoms with Gasteiger partial charge in [0.15, 0.2) is 0 Å². The van der Waals surface area contributed by atoms with Crippen molar-refractivity contribution in [3.8, 4) is 11.1 Å². The van der Waals surface area contributed by atoms with Crippen LogP contribution in [-0.4, -0.2) is 102 Å². The van der Waals surface area contributed by atoms with Gasteiger partial charge in [-0.3, -0.25) is 48.7 Å². The number of hydrogen-bond donors (Lipinski definition) is 5. The molecule has 3 aromatic carbocycles. The van der Waals surface area contributed by atoms with Crippen LogP contribution < -0.4 is 31.7 Å². The number of anilines is 3. The molecule has 4 heterocycles. The Kier molecular flexibility index (Phi) is 14.0. The van der Waals surface area contributed by atoms with Gasteiger partial charge in [-0.05, 0) is 82.1 Å². The number of alkyl halides is 3. The topological polar surface area (TPSA) is 193 Å². The van der Waals surface area contributed by atoms with Gasteiger partial charge in [0.25, 0.3) is 23.6 Å². The summed E-state index contributed by atoms with van der Waals surface area (Å²) < 4.78 is 57.5. The van der Waals surface area contributed by atoms with Crippen molar-refractivity contribution in [1.82, 2.24) is 25.4 Å². The largest absolute Gasteiger partial charge is 0.417 e. The van der Waals surface area contributed by atoms with E-state index >= 15 is 4.39 Å². The highest BCUT2D eigenvalue weighted by Crippen LogP contribution is 2.37. The first-order valence-electron chi connectivity index (χ1n) is 21.8. The number of carbonyl (C=O) groups is 6. The van der Waals surface area contributed by atoms with Gasteiger partial charge in [0.1, 0.15) is 11.9 Å². The molecule has 1 unspecified atom stereocenters. The predicted octanol–water partition coefficient (Wildman–Crippen LogP) is 6.17. The number of aromatic nitrogens is 1. The fraction of sp³-hybridized carbons (Fsp3) is 0.383. The molecule has 0 saturated carbocycles. The van der Waals surface area contributed by atoms with Gasteiger partial charge in [0.05, 0.1) is 33.6 Å². The number of H-pyrrole nitrogens is 1. The second kappa shape index (κ2) is 19.7. The summed E-state index contributed by atoms with van der Waals surface area (Å²) >= 11 is 0. The van der Waals surface area contributed by atoms with E-state index in [0.29, 0.717) is 61.8 Å². The first-order chi connectivity index (χ1) is 31.4. The monoisotopic (exact) mass is 914 g/mol. The van der Waals surface area contributed by atoms with Crippen LogP contribution in [0.15, 0.2) is 71.7 Å². The number of pyridine rings is 1. The van der Waals surface area contributed by atoms with Gasteiger partial charge in [0, 0.05) is 73.8 Å². The average molecular weight is 915 g/mol. The smallest absolute Gasteiger partial charge is 0.384 e. The second-order valence-corrected chi connectivity index (χ2v) is 16.9. The first kappa shape index (κ1) is 47.1. The van der Waals surface area contributed by atoms with Crippen molar-refractivity contribution in [1.29, 1.82) is 0 Å². The van der Waals surface area contributed by atoms with E-state index in [4.69, 9.17) is 0 Å². The van der Waals surface area contributed by atoms with Crippen molar-refractivity contribution in [3.05, 3.63) is 111 Å². The van der Waals surface area contributed by atoms with E-state index in [1.54, 1.807) is 24.3 Å². The number of amides is 6. The molecule has 1 aromatic heterocycles. The number of rotatable bonds is 15. The molecule has 3 aliphatic rings. The zero-order valence-electron chi connectivity index (χ0n) is 36.6. The molecule has 3 aliphatic heterocycles. The van der Waals surface area contributed by atoms with Gasteiger partial charge in [-0.1, -0.05) is 37.5 Å². The number of imide groups is 2. The molecule has 19 heteroatoms. The zero-order valence-corrected chi connectivity index (χ0v) is 36.6. The molecule has 15 nitrogen and oxygen atoms in total. The Labute approximate surface area is 377 Å². The number of piperidine rings is 1. The van der Waals surface area contributed by atoms with E-state index in [-0.39, 0.29) is 52.9 Å². The maximum atomic E-state index is 15.8. The number of halogens is 4. The SMILES string of the molecule is C[C@@H]1CN(c2ccc(-c3ccc(C(=O)NCCCCCCCNc4cccc5c4C(=O)N(C4CCC(=O)NC4=O)C5=O)cc3F)cc2NC(=O)c2c[nH]c(=O)cc2C(F)(F)F)C[C@H](C)N1C. The summed E-state index contributed by atoms with van der Waals surface area (Å²) in [5, 5.41) is 10.8. The molecule has 348 valence electrons. The highest BCUT2D eigenvalue weighted by atomic mass is 19.4. The molecule has 0 radical (unpaired) electrons. The van der Waals surface area contributed by atoms with Gasteiger partial charge in [-0.15, -0.1) is 0 Å². The summed E-state index contributed by atoms with van der Waals surface area (Å²) in [5.74, 6) is -4.60. The van der Waals surface area contributed by atoms with Crippen molar-refractivity contribution in [3.63, 3.8) is 0 Å². The van der Waals surface area contributed by atoms with E-state index in [0.717, 1.165) is 36.6 Å². The molecule has 66 heavy (non-hydrogen) atoms. The third kappa shape index (κ3) is 10.1. The van der Waals surface area contributed by atoms with Gasteiger partial charge < -0.3 is 25.8 Å². The molecule has 6 amide bonds. The van der Waals surface area contributed by atoms with E-state index in [9.17, 15) is 46.7 Å². The molecule has 0 aliphatic carbocycles. The average Bonchev–Trinajstić information content (AvgIpc) is 3.52. The Balaban J connectivity index is 0.918. The number of fused-ring (bicyclic) bond motifs is 1. The fourth-order valence-corrected chi connectivity index (χ4v) is 8.62. The van der Waals surface area contributed by atoms with E-state index < -0.39 is 70.2 Å². The Bertz CT molecular complexity index is 2620. The van der Waals surface area contributed by atoms with Crippen molar-refractivity contribution >= 4 is 52.5 Å². The first-order valence-corrected chi connectivity index (χ1v) is 21.8. The van der Waals surface area contributed by atoms with Gasteiger partial charge in [0.2, 0.25) is 17.4 Å². The lowest BCUT2D eigenvalue weighted by atomic mass is 10.00. The molecule has 5 N–H and O–H groups in total. The molecule has 4 aromatic rings. The number of nitrogens with zero attached hydrogens (tertiary/aromatic N) is 3. The van der Waals surface area contributed by atoms with Gasteiger partial charge >= 0.3 is 6.18 Å². The lowest BCUT2D eigenvalue weighted by Crippen LogP contribution is -2.55. The highest BCUT2D eigenvalue weighted by Gasteiger charge is 2.45. The number of carbonyl (C=O) groups excluding carboxylic acids is 6. The normalized spacial score (nSPS) is 18.9. The van der Waals surface area contributed by atoms with Crippen molar-refractivity contribution in [2.24, 2.45) is 0 Å². The van der Waals surface area contributed by atoms with Gasteiger partial charge in [-0.2, -0.15) is 13.2 Å². The molecular formula is C47H50F4N8O7. The van der Waals surface area contributed by atoms with Crippen molar-refractivity contribution in [2.75, 3.05) is 48.8 Å². The Hall–Kier alpha value is -6.89. The zero-order chi connectivity index (χ0) is 47.4. The minimum absolute atomic E-state index is 0.0326. The maximum absolute atomic E-state index is 15.8. The summed E-state index contributed by atoms with van der Waals surface area (Å²) in [7, 11) is 1.99. The molecule has 0 bridgehead atoms. The number of hydrogen-bond acceptors (Lipinski definition) is 10. The summed E-state index contributed by atoms with van der Waals surface area (Å²) in [5.41, 5.74) is -1.21. The van der Waals surface area contributed by atoms with Crippen LogP contribution in [0.25, 0.3) is 11.1 Å². The quantitative estimate of drug-likeness (QED) is 0.0523. The molecule has 7 rings (SSSR count). The van der Waals surface area contributed by atoms with Crippen LogP contribution in [0.1, 0.15) is 106 Å². The van der Waals surface area contributed by atoms with Crippen LogP contribution in [0.2, 0.25) is 0 Å². The molecule has 2 fully saturated rings.